The summed E-state index contributed by atoms with van der Waals surface area (Å²) >= 11 is 3.33. The Labute approximate surface area is 114 Å². The van der Waals surface area contributed by atoms with Crippen LogP contribution in [0.5, 0.6) is 11.6 Å². The second-order valence-corrected chi connectivity index (χ2v) is 5.06. The van der Waals surface area contributed by atoms with E-state index >= 15 is 0 Å². The maximum Gasteiger partial charge on any atom is 0.238 e. The Morgan fingerprint density at radius 3 is 2.83 bits per heavy atom. The van der Waals surface area contributed by atoms with Gasteiger partial charge < -0.3 is 10.5 Å². The normalized spacial score (nSPS) is 10.7. The van der Waals surface area contributed by atoms with Crippen LogP contribution in [0.15, 0.2) is 34.9 Å². The summed E-state index contributed by atoms with van der Waals surface area (Å²) in [5, 5.41) is 0. The largest absolute Gasteiger partial charge is 0.438 e. The lowest BCUT2D eigenvalue weighted by Crippen LogP contribution is -1.98. The minimum Gasteiger partial charge on any atom is -0.438 e. The van der Waals surface area contributed by atoms with Crippen molar-refractivity contribution in [2.45, 2.75) is 19.8 Å². The molecule has 0 amide bonds. The third kappa shape index (κ3) is 2.98. The first kappa shape index (κ1) is 12.8. The molecule has 2 rings (SSSR count). The molecule has 2 N–H and O–H groups in total. The van der Waals surface area contributed by atoms with E-state index in [-0.39, 0.29) is 5.95 Å². The van der Waals surface area contributed by atoms with Crippen molar-refractivity contribution >= 4 is 21.9 Å². The second kappa shape index (κ2) is 5.35. The summed E-state index contributed by atoms with van der Waals surface area (Å²) in [6, 6.07) is 7.91. The zero-order valence-corrected chi connectivity index (χ0v) is 11.8. The Morgan fingerprint density at radius 1 is 1.33 bits per heavy atom. The Hall–Kier alpha value is -1.62. The zero-order chi connectivity index (χ0) is 13.1. The molecule has 0 aliphatic heterocycles. The van der Waals surface area contributed by atoms with Crippen molar-refractivity contribution in [2.24, 2.45) is 0 Å². The molecule has 4 nitrogen and oxygen atoms in total. The molecule has 0 atom stereocenters. The van der Waals surface area contributed by atoms with Crippen LogP contribution in [0.1, 0.15) is 25.3 Å². The molecule has 5 heteroatoms. The van der Waals surface area contributed by atoms with Gasteiger partial charge in [0.25, 0.3) is 0 Å². The maximum absolute atomic E-state index is 5.70. The standard InChI is InChI=1S/C13H14BrN3O/c1-8(2)9-4-3-5-10(6-9)18-12-11(14)7-16-13(15)17-12/h3-8H,1-2H3,(H2,15,16,17). The van der Waals surface area contributed by atoms with Gasteiger partial charge in [-0.3, -0.25) is 0 Å². The van der Waals surface area contributed by atoms with Crippen LogP contribution < -0.4 is 10.5 Å². The molecule has 1 heterocycles. The summed E-state index contributed by atoms with van der Waals surface area (Å²) in [6.45, 7) is 4.27. The van der Waals surface area contributed by atoms with Gasteiger partial charge in [-0.05, 0) is 39.5 Å². The van der Waals surface area contributed by atoms with Crippen molar-refractivity contribution in [3.8, 4) is 11.6 Å². The summed E-state index contributed by atoms with van der Waals surface area (Å²) < 4.78 is 6.38. The Kier molecular flexibility index (Phi) is 3.81. The van der Waals surface area contributed by atoms with E-state index in [0.29, 0.717) is 16.3 Å². The summed E-state index contributed by atoms with van der Waals surface area (Å²) in [7, 11) is 0. The van der Waals surface area contributed by atoms with Crippen LogP contribution >= 0.6 is 15.9 Å². The molecule has 0 saturated heterocycles. The lowest BCUT2D eigenvalue weighted by atomic mass is 10.0. The number of nitrogens with zero attached hydrogens (tertiary/aromatic N) is 2. The van der Waals surface area contributed by atoms with E-state index in [4.69, 9.17) is 10.5 Å². The van der Waals surface area contributed by atoms with Gasteiger partial charge in [-0.1, -0.05) is 26.0 Å². The number of rotatable bonds is 3. The topological polar surface area (TPSA) is 61.0 Å². The number of halogens is 1. The van der Waals surface area contributed by atoms with E-state index < -0.39 is 0 Å². The molecule has 0 aliphatic carbocycles. The van der Waals surface area contributed by atoms with Crippen LogP contribution in [0.2, 0.25) is 0 Å². The van der Waals surface area contributed by atoms with E-state index in [0.717, 1.165) is 5.75 Å². The lowest BCUT2D eigenvalue weighted by Gasteiger charge is -2.10. The fraction of sp³-hybridized carbons (Fsp3) is 0.231. The fourth-order valence-electron chi connectivity index (χ4n) is 1.48. The molecule has 0 unspecified atom stereocenters. The van der Waals surface area contributed by atoms with Gasteiger partial charge in [0.2, 0.25) is 11.8 Å². The van der Waals surface area contributed by atoms with Crippen molar-refractivity contribution in [3.05, 3.63) is 40.5 Å². The molecule has 0 spiro atoms. The van der Waals surface area contributed by atoms with Crippen molar-refractivity contribution in [1.29, 1.82) is 0 Å². The summed E-state index contributed by atoms with van der Waals surface area (Å²) in [5.41, 5.74) is 6.75. The van der Waals surface area contributed by atoms with Crippen LogP contribution in [0.25, 0.3) is 0 Å². The molecule has 94 valence electrons. The molecule has 0 bridgehead atoms. The summed E-state index contributed by atoms with van der Waals surface area (Å²) in [6.07, 6.45) is 1.57. The predicted molar refractivity (Wildman–Crippen MR) is 74.7 cm³/mol. The number of nitrogen functional groups attached to an aromatic ring is 1. The Balaban J connectivity index is 2.28. The summed E-state index contributed by atoms with van der Waals surface area (Å²) in [4.78, 5) is 7.91. The number of nitrogens with two attached hydrogens (primary N) is 1. The molecule has 2 aromatic rings. The van der Waals surface area contributed by atoms with Gasteiger partial charge in [0.15, 0.2) is 0 Å². The van der Waals surface area contributed by atoms with Crippen LogP contribution in [-0.4, -0.2) is 9.97 Å². The predicted octanol–water partition coefficient (Wildman–Crippen LogP) is 3.74. The molecule has 0 radical (unpaired) electrons. The van der Waals surface area contributed by atoms with Crippen LogP contribution in [0, 0.1) is 0 Å². The number of ether oxygens (including phenoxy) is 1. The second-order valence-electron chi connectivity index (χ2n) is 4.21. The first-order valence-electron chi connectivity index (χ1n) is 5.62. The first-order valence-corrected chi connectivity index (χ1v) is 6.41. The third-order valence-electron chi connectivity index (χ3n) is 2.47. The molecular formula is C13H14BrN3O. The van der Waals surface area contributed by atoms with Gasteiger partial charge in [-0.2, -0.15) is 4.98 Å². The van der Waals surface area contributed by atoms with Crippen molar-refractivity contribution in [3.63, 3.8) is 0 Å². The molecule has 0 fully saturated rings. The van der Waals surface area contributed by atoms with Crippen LogP contribution in [0.3, 0.4) is 0 Å². The van der Waals surface area contributed by atoms with Gasteiger partial charge >= 0.3 is 0 Å². The fourth-order valence-corrected chi connectivity index (χ4v) is 1.76. The van der Waals surface area contributed by atoms with Gasteiger partial charge in [-0.15, -0.1) is 0 Å². The minimum atomic E-state index is 0.188. The number of aromatic nitrogens is 2. The quantitative estimate of drug-likeness (QED) is 0.938. The first-order chi connectivity index (χ1) is 8.56. The average molecular weight is 308 g/mol. The van der Waals surface area contributed by atoms with E-state index in [1.807, 2.05) is 18.2 Å². The molecule has 1 aromatic carbocycles. The highest BCUT2D eigenvalue weighted by atomic mass is 79.9. The smallest absolute Gasteiger partial charge is 0.238 e. The van der Waals surface area contributed by atoms with Crippen LogP contribution in [-0.2, 0) is 0 Å². The van der Waals surface area contributed by atoms with Crippen molar-refractivity contribution < 1.29 is 4.74 Å². The van der Waals surface area contributed by atoms with E-state index in [1.165, 1.54) is 5.56 Å². The van der Waals surface area contributed by atoms with Gasteiger partial charge in [0, 0.05) is 0 Å². The number of anilines is 1. The molecular weight excluding hydrogens is 294 g/mol. The number of hydrogen-bond acceptors (Lipinski definition) is 4. The van der Waals surface area contributed by atoms with Crippen LogP contribution in [0.4, 0.5) is 5.95 Å². The van der Waals surface area contributed by atoms with E-state index in [1.54, 1.807) is 6.20 Å². The highest BCUT2D eigenvalue weighted by Gasteiger charge is 2.07. The number of benzene rings is 1. The molecule has 0 saturated carbocycles. The monoisotopic (exact) mass is 307 g/mol. The average Bonchev–Trinajstić information content (AvgIpc) is 2.34. The van der Waals surface area contributed by atoms with Gasteiger partial charge in [0.1, 0.15) is 5.75 Å². The van der Waals surface area contributed by atoms with Crippen molar-refractivity contribution in [2.75, 3.05) is 5.73 Å². The van der Waals surface area contributed by atoms with E-state index in [2.05, 4.69) is 45.8 Å². The SMILES string of the molecule is CC(C)c1cccc(Oc2nc(N)ncc2Br)c1. The molecule has 1 aromatic heterocycles. The Bertz CT molecular complexity index is 558. The van der Waals surface area contributed by atoms with Gasteiger partial charge in [0.05, 0.1) is 10.7 Å². The highest BCUT2D eigenvalue weighted by molar-refractivity contribution is 9.10. The highest BCUT2D eigenvalue weighted by Crippen LogP contribution is 2.29. The van der Waals surface area contributed by atoms with E-state index in [9.17, 15) is 0 Å². The summed E-state index contributed by atoms with van der Waals surface area (Å²) in [5.74, 6) is 1.80. The van der Waals surface area contributed by atoms with Crippen molar-refractivity contribution in [1.82, 2.24) is 9.97 Å². The Morgan fingerprint density at radius 2 is 2.11 bits per heavy atom. The van der Waals surface area contributed by atoms with Gasteiger partial charge in [-0.25, -0.2) is 4.98 Å². The molecule has 0 aliphatic rings. The third-order valence-corrected chi connectivity index (χ3v) is 3.01. The zero-order valence-electron chi connectivity index (χ0n) is 10.2. The number of hydrogen-bond donors (Lipinski definition) is 1. The maximum atomic E-state index is 5.70. The lowest BCUT2D eigenvalue weighted by molar-refractivity contribution is 0.458. The minimum absolute atomic E-state index is 0.188. The molecule has 18 heavy (non-hydrogen) atoms.